The van der Waals surface area contributed by atoms with Gasteiger partial charge >= 0.3 is 0 Å². The lowest BCUT2D eigenvalue weighted by molar-refractivity contribution is 0.0258. The van der Waals surface area contributed by atoms with Crippen LogP contribution in [-0.4, -0.2) is 43.4 Å². The Balaban J connectivity index is 2.56. The van der Waals surface area contributed by atoms with E-state index in [1.54, 1.807) is 18.3 Å². The minimum atomic E-state index is -0.950. The quantitative estimate of drug-likeness (QED) is 0.446. The molecular weight excluding hydrogens is 322 g/mol. The van der Waals surface area contributed by atoms with Crippen LogP contribution in [-0.2, 0) is 10.3 Å². The molecular formula is C18H33N3O2S. The molecule has 0 amide bonds. The van der Waals surface area contributed by atoms with E-state index >= 15 is 0 Å². The third-order valence-corrected chi connectivity index (χ3v) is 4.56. The third kappa shape index (κ3) is 7.20. The fraction of sp³-hybridized carbons (Fsp3) is 0.722. The van der Waals surface area contributed by atoms with Crippen molar-refractivity contribution in [3.05, 3.63) is 22.4 Å². The molecule has 0 radical (unpaired) electrons. The van der Waals surface area contributed by atoms with Gasteiger partial charge in [-0.25, -0.2) is 4.99 Å². The first-order chi connectivity index (χ1) is 11.4. The zero-order valence-corrected chi connectivity index (χ0v) is 16.4. The molecule has 0 spiro atoms. The molecule has 2 unspecified atom stereocenters. The fourth-order valence-corrected chi connectivity index (χ4v) is 3.18. The van der Waals surface area contributed by atoms with E-state index in [0.717, 1.165) is 37.6 Å². The molecule has 24 heavy (non-hydrogen) atoms. The Morgan fingerprint density at radius 1 is 1.38 bits per heavy atom. The first kappa shape index (κ1) is 20.9. The number of hydrogen-bond donors (Lipinski definition) is 3. The summed E-state index contributed by atoms with van der Waals surface area (Å²) in [5, 5.41) is 21.1. The van der Waals surface area contributed by atoms with Crippen LogP contribution in [0, 0.1) is 5.92 Å². The normalized spacial score (nSPS) is 16.0. The number of rotatable bonds is 10. The molecule has 138 valence electrons. The van der Waals surface area contributed by atoms with Crippen molar-refractivity contribution in [3.63, 3.8) is 0 Å². The summed E-state index contributed by atoms with van der Waals surface area (Å²) in [4.78, 5) is 4.54. The highest BCUT2D eigenvalue weighted by Crippen LogP contribution is 2.23. The maximum Gasteiger partial charge on any atom is 0.191 e. The number of nitrogens with one attached hydrogen (secondary N) is 2. The first-order valence-corrected chi connectivity index (χ1v) is 9.73. The van der Waals surface area contributed by atoms with Gasteiger partial charge in [-0.1, -0.05) is 13.8 Å². The van der Waals surface area contributed by atoms with E-state index in [1.807, 2.05) is 30.7 Å². The lowest BCUT2D eigenvalue weighted by Crippen LogP contribution is -2.40. The van der Waals surface area contributed by atoms with Crippen molar-refractivity contribution in [2.75, 3.05) is 26.2 Å². The predicted molar refractivity (Wildman–Crippen MR) is 103 cm³/mol. The van der Waals surface area contributed by atoms with E-state index < -0.39 is 5.60 Å². The largest absolute Gasteiger partial charge is 0.383 e. The Labute approximate surface area is 150 Å². The lowest BCUT2D eigenvalue weighted by Gasteiger charge is -2.23. The van der Waals surface area contributed by atoms with Crippen molar-refractivity contribution in [2.24, 2.45) is 10.9 Å². The van der Waals surface area contributed by atoms with Crippen molar-refractivity contribution in [3.8, 4) is 0 Å². The number of thiophene rings is 1. The predicted octanol–water partition coefficient (Wildman–Crippen LogP) is 2.96. The van der Waals surface area contributed by atoms with Crippen LogP contribution in [0.4, 0.5) is 0 Å². The van der Waals surface area contributed by atoms with E-state index in [9.17, 15) is 5.11 Å². The second-order valence-electron chi connectivity index (χ2n) is 6.43. The van der Waals surface area contributed by atoms with Gasteiger partial charge in [0, 0.05) is 19.7 Å². The van der Waals surface area contributed by atoms with Gasteiger partial charge in [-0.15, -0.1) is 0 Å². The zero-order chi connectivity index (χ0) is 18.0. The number of nitrogens with zero attached hydrogens (tertiary/aromatic N) is 1. The summed E-state index contributed by atoms with van der Waals surface area (Å²) in [5.74, 6) is 1.22. The summed E-state index contributed by atoms with van der Waals surface area (Å²) in [5.41, 5.74) is -0.0444. The second-order valence-corrected chi connectivity index (χ2v) is 7.21. The molecule has 0 saturated carbocycles. The Morgan fingerprint density at radius 3 is 2.67 bits per heavy atom. The monoisotopic (exact) mass is 355 g/mol. The molecule has 1 heterocycles. The molecule has 1 rings (SSSR count). The molecule has 0 aliphatic carbocycles. The first-order valence-electron chi connectivity index (χ1n) is 8.79. The second kappa shape index (κ2) is 10.7. The highest BCUT2D eigenvalue weighted by Gasteiger charge is 2.23. The van der Waals surface area contributed by atoms with Crippen LogP contribution in [0.15, 0.2) is 21.8 Å². The van der Waals surface area contributed by atoms with Crippen LogP contribution in [0.3, 0.4) is 0 Å². The van der Waals surface area contributed by atoms with Crippen molar-refractivity contribution < 1.29 is 9.84 Å². The van der Waals surface area contributed by atoms with Crippen molar-refractivity contribution >= 4 is 17.3 Å². The molecule has 0 aliphatic heterocycles. The van der Waals surface area contributed by atoms with Gasteiger partial charge < -0.3 is 20.5 Å². The summed E-state index contributed by atoms with van der Waals surface area (Å²) in [7, 11) is 0. The van der Waals surface area contributed by atoms with Gasteiger partial charge in [0.2, 0.25) is 0 Å². The van der Waals surface area contributed by atoms with Gasteiger partial charge in [-0.3, -0.25) is 0 Å². The minimum absolute atomic E-state index is 0.249. The molecule has 0 aromatic carbocycles. The average molecular weight is 356 g/mol. The minimum Gasteiger partial charge on any atom is -0.383 e. The summed E-state index contributed by atoms with van der Waals surface area (Å²) in [6, 6.07) is 1.94. The van der Waals surface area contributed by atoms with Gasteiger partial charge in [-0.05, 0) is 55.5 Å². The van der Waals surface area contributed by atoms with Crippen LogP contribution in [0.2, 0.25) is 0 Å². The van der Waals surface area contributed by atoms with Crippen LogP contribution < -0.4 is 10.6 Å². The van der Waals surface area contributed by atoms with E-state index in [1.165, 1.54) is 0 Å². The van der Waals surface area contributed by atoms with E-state index in [4.69, 9.17) is 4.74 Å². The molecule has 3 N–H and O–H groups in total. The highest BCUT2D eigenvalue weighted by atomic mass is 32.1. The van der Waals surface area contributed by atoms with E-state index in [0.29, 0.717) is 12.5 Å². The zero-order valence-electron chi connectivity index (χ0n) is 15.6. The number of aliphatic imine (C=N–C) groups is 1. The molecule has 0 aliphatic rings. The van der Waals surface area contributed by atoms with E-state index in [2.05, 4.69) is 29.5 Å². The van der Waals surface area contributed by atoms with Gasteiger partial charge in [0.1, 0.15) is 5.60 Å². The third-order valence-electron chi connectivity index (χ3n) is 3.88. The number of hydrogen-bond acceptors (Lipinski definition) is 4. The smallest absolute Gasteiger partial charge is 0.191 e. The SMILES string of the molecule is CCNC(=NCC(C)(O)c1ccsc1)NCCC(OCC)C(C)C. The van der Waals surface area contributed by atoms with Crippen molar-refractivity contribution in [1.82, 2.24) is 10.6 Å². The van der Waals surface area contributed by atoms with Gasteiger partial charge in [0.25, 0.3) is 0 Å². The molecule has 0 bridgehead atoms. The van der Waals surface area contributed by atoms with Crippen LogP contribution in [0.5, 0.6) is 0 Å². The summed E-state index contributed by atoms with van der Waals surface area (Å²) < 4.78 is 5.77. The van der Waals surface area contributed by atoms with Gasteiger partial charge in [0.05, 0.1) is 12.6 Å². The van der Waals surface area contributed by atoms with Crippen LogP contribution >= 0.6 is 11.3 Å². The average Bonchev–Trinajstić information content (AvgIpc) is 3.07. The number of guanidine groups is 1. The van der Waals surface area contributed by atoms with Gasteiger partial charge in [0.15, 0.2) is 5.96 Å². The van der Waals surface area contributed by atoms with Crippen LogP contribution in [0.1, 0.15) is 46.6 Å². The van der Waals surface area contributed by atoms with Crippen molar-refractivity contribution in [2.45, 2.75) is 52.7 Å². The molecule has 0 saturated heterocycles. The Morgan fingerprint density at radius 2 is 2.12 bits per heavy atom. The maximum atomic E-state index is 10.6. The summed E-state index contributed by atoms with van der Waals surface area (Å²) in [6.07, 6.45) is 1.18. The molecule has 1 aromatic rings. The van der Waals surface area contributed by atoms with Crippen molar-refractivity contribution in [1.29, 1.82) is 0 Å². The fourth-order valence-electron chi connectivity index (χ4n) is 2.39. The number of aliphatic hydroxyl groups is 1. The molecule has 1 aromatic heterocycles. The van der Waals surface area contributed by atoms with Gasteiger partial charge in [-0.2, -0.15) is 11.3 Å². The molecule has 2 atom stereocenters. The summed E-state index contributed by atoms with van der Waals surface area (Å²) in [6.45, 7) is 12.8. The molecule has 6 heteroatoms. The summed E-state index contributed by atoms with van der Waals surface area (Å²) >= 11 is 1.58. The lowest BCUT2D eigenvalue weighted by atomic mass is 10.00. The number of ether oxygens (including phenoxy) is 1. The maximum absolute atomic E-state index is 10.6. The molecule has 5 nitrogen and oxygen atoms in total. The topological polar surface area (TPSA) is 65.9 Å². The Hall–Kier alpha value is -1.11. The van der Waals surface area contributed by atoms with E-state index in [-0.39, 0.29) is 6.10 Å². The standard InChI is InChI=1S/C18H33N3O2S/c1-6-19-17(20-10-8-16(14(3)4)23-7-2)21-13-18(5,22)15-9-11-24-12-15/h9,11-12,14,16,22H,6-8,10,13H2,1-5H3,(H2,19,20,21). The van der Waals surface area contributed by atoms with Crippen LogP contribution in [0.25, 0.3) is 0 Å². The molecule has 0 fully saturated rings. The highest BCUT2D eigenvalue weighted by molar-refractivity contribution is 7.08. The Kier molecular flexibility index (Phi) is 9.33. The Bertz CT molecular complexity index is 473.